The molecule has 15 nitrogen and oxygen atoms in total. The van der Waals surface area contributed by atoms with E-state index in [1.54, 1.807) is 29.4 Å². The minimum atomic E-state index is -1.11. The van der Waals surface area contributed by atoms with Gasteiger partial charge in [0.05, 0.1) is 6.04 Å². The van der Waals surface area contributed by atoms with Crippen LogP contribution in [-0.2, 0) is 46.1 Å². The van der Waals surface area contributed by atoms with E-state index < -0.39 is 47.8 Å². The third kappa shape index (κ3) is 12.3. The van der Waals surface area contributed by atoms with Crippen LogP contribution in [0.25, 0.3) is 0 Å². The van der Waals surface area contributed by atoms with E-state index in [4.69, 9.17) is 40.6 Å². The predicted molar refractivity (Wildman–Crippen MR) is 174 cm³/mol. The molecule has 0 saturated carbocycles. The van der Waals surface area contributed by atoms with Crippen LogP contribution in [-0.4, -0.2) is 76.0 Å². The maximum absolute atomic E-state index is 13.7. The summed E-state index contributed by atoms with van der Waals surface area (Å²) < 4.78 is 3.96. The summed E-state index contributed by atoms with van der Waals surface area (Å²) >= 11 is 5.40. The van der Waals surface area contributed by atoms with Crippen molar-refractivity contribution in [1.29, 1.82) is 5.41 Å². The minimum absolute atomic E-state index is 0.0617. The number of aryl methyl sites for hydroxylation is 1. The minimum Gasteiger partial charge on any atom is -0.370 e. The number of aromatic nitrogens is 2. The fourth-order valence-electron chi connectivity index (χ4n) is 4.67. The highest BCUT2D eigenvalue weighted by Crippen LogP contribution is 2.10. The van der Waals surface area contributed by atoms with Crippen molar-refractivity contribution in [3.63, 3.8) is 0 Å². The lowest BCUT2D eigenvalue weighted by Gasteiger charge is -2.25. The molecule has 0 aliphatic rings. The second kappa shape index (κ2) is 18.5. The second-order valence-corrected chi connectivity index (χ2v) is 11.3. The fraction of sp³-hybridized carbons (Fsp3) is 0.517. The number of nitrogens with one attached hydrogen (secondary N) is 5. The van der Waals surface area contributed by atoms with Crippen molar-refractivity contribution >= 4 is 41.8 Å². The molecule has 248 valence electrons. The van der Waals surface area contributed by atoms with E-state index in [2.05, 4.69) is 21.3 Å². The van der Waals surface area contributed by atoms with E-state index >= 15 is 0 Å². The van der Waals surface area contributed by atoms with E-state index in [0.29, 0.717) is 42.8 Å². The first kappa shape index (κ1) is 36.9. The van der Waals surface area contributed by atoms with Gasteiger partial charge in [0.1, 0.15) is 18.1 Å². The third-order valence-corrected chi connectivity index (χ3v) is 7.84. The number of carbonyl (C=O) groups is 4. The number of amides is 4. The molecule has 0 fully saturated rings. The van der Waals surface area contributed by atoms with Gasteiger partial charge in [-0.2, -0.15) is 0 Å². The Kier molecular flexibility index (Phi) is 15.2. The molecular formula is C29H47N11O4S. The molecule has 1 unspecified atom stereocenters. The van der Waals surface area contributed by atoms with Crippen molar-refractivity contribution in [3.8, 4) is 0 Å². The van der Waals surface area contributed by atoms with Gasteiger partial charge < -0.3 is 53.3 Å². The molecule has 0 aliphatic heterocycles. The number of guanidine groups is 1. The second-order valence-electron chi connectivity index (χ2n) is 10.9. The van der Waals surface area contributed by atoms with Gasteiger partial charge in [-0.3, -0.25) is 24.6 Å². The zero-order valence-corrected chi connectivity index (χ0v) is 26.7. The summed E-state index contributed by atoms with van der Waals surface area (Å²) in [5, 5.41) is 18.1. The van der Waals surface area contributed by atoms with Crippen LogP contribution in [0.3, 0.4) is 0 Å². The fourth-order valence-corrected chi connectivity index (χ4v) is 4.84. The van der Waals surface area contributed by atoms with Crippen LogP contribution in [0.5, 0.6) is 0 Å². The van der Waals surface area contributed by atoms with Gasteiger partial charge in [0, 0.05) is 45.4 Å². The maximum Gasteiger partial charge on any atom is 0.243 e. The zero-order chi connectivity index (χ0) is 33.5. The number of primary amides is 1. The maximum atomic E-state index is 13.7. The smallest absolute Gasteiger partial charge is 0.243 e. The van der Waals surface area contributed by atoms with Gasteiger partial charge in [-0.25, -0.2) is 0 Å². The van der Waals surface area contributed by atoms with Crippen LogP contribution in [0.1, 0.15) is 43.4 Å². The first-order chi connectivity index (χ1) is 21.3. The highest BCUT2D eigenvalue weighted by atomic mass is 32.1. The number of unbranched alkanes of at least 4 members (excludes halogenated alkanes) is 1. The molecule has 0 bridgehead atoms. The number of rotatable bonds is 19. The molecule has 45 heavy (non-hydrogen) atoms. The van der Waals surface area contributed by atoms with Crippen molar-refractivity contribution in [3.05, 3.63) is 52.6 Å². The molecule has 0 aliphatic carbocycles. The normalized spacial score (nSPS) is 13.6. The molecular weight excluding hydrogens is 598 g/mol. The van der Waals surface area contributed by atoms with Gasteiger partial charge in [-0.15, -0.1) is 0 Å². The standard InChI is InChI=1S/C29H47N11O4S/c1-39-17-19(40(2)29(39)45)16-23(38-25(42)20(31)11-8-14-35-28(33)34)27(44)36-21(12-6-7-13-30)26(43)37-22(24(32)41)15-18-9-4-3-5-10-18/h3-5,9-10,17,20-23H,6-8,11-16,30-31H2,1-2H3,(H2,32,41)(H,36,44)(H,37,43)(H,38,42)(H4,33,34,35)/t20?,21-,22-,23-/m0/s1. The number of hydrogen-bond donors (Lipinski definition) is 9. The molecule has 2 aromatic rings. The molecule has 13 N–H and O–H groups in total. The molecule has 2 rings (SSSR count). The van der Waals surface area contributed by atoms with Crippen molar-refractivity contribution in [2.75, 3.05) is 13.1 Å². The SMILES string of the molecule is Cn1cc(C[C@H](NC(=O)C(N)CCCNC(=N)N)C(=O)N[C@@H](CCCCN)C(=O)N[C@@H](Cc2ccccc2)C(N)=O)n(C)c1=S. The molecule has 4 atom stereocenters. The van der Waals surface area contributed by atoms with E-state index in [0.717, 1.165) is 5.56 Å². The topological polar surface area (TPSA) is 254 Å². The number of imidazole rings is 1. The number of benzene rings is 1. The Hall–Kier alpha value is -4.28. The van der Waals surface area contributed by atoms with Crippen LogP contribution in [0.2, 0.25) is 0 Å². The quantitative estimate of drug-likeness (QED) is 0.0374. The third-order valence-electron chi connectivity index (χ3n) is 7.28. The molecule has 4 amide bonds. The summed E-state index contributed by atoms with van der Waals surface area (Å²) in [6.45, 7) is 0.754. The summed E-state index contributed by atoms with van der Waals surface area (Å²) in [5.74, 6) is -2.66. The van der Waals surface area contributed by atoms with Gasteiger partial charge in [0.2, 0.25) is 23.6 Å². The Bertz CT molecular complexity index is 1360. The van der Waals surface area contributed by atoms with Crippen LogP contribution >= 0.6 is 12.2 Å². The molecule has 1 heterocycles. The summed E-state index contributed by atoms with van der Waals surface area (Å²) in [4.78, 5) is 52.5. The molecule has 1 aromatic carbocycles. The van der Waals surface area contributed by atoms with Crippen LogP contribution < -0.4 is 44.2 Å². The van der Waals surface area contributed by atoms with Gasteiger partial charge in [-0.05, 0) is 56.4 Å². The average molecular weight is 646 g/mol. The van der Waals surface area contributed by atoms with Gasteiger partial charge in [0.15, 0.2) is 10.7 Å². The molecule has 0 saturated heterocycles. The van der Waals surface area contributed by atoms with Gasteiger partial charge >= 0.3 is 0 Å². The Morgan fingerprint density at radius 3 is 2.07 bits per heavy atom. The van der Waals surface area contributed by atoms with Crippen molar-refractivity contribution in [1.82, 2.24) is 30.4 Å². The Morgan fingerprint density at radius 2 is 1.49 bits per heavy atom. The van der Waals surface area contributed by atoms with Crippen molar-refractivity contribution < 1.29 is 19.2 Å². The van der Waals surface area contributed by atoms with E-state index in [-0.39, 0.29) is 31.6 Å². The number of hydrogen-bond acceptors (Lipinski definition) is 8. The summed E-state index contributed by atoms with van der Waals surface area (Å²) in [7, 11) is 3.52. The number of nitrogens with zero attached hydrogens (tertiary/aromatic N) is 2. The lowest BCUT2D eigenvalue weighted by Crippen LogP contribution is -2.58. The first-order valence-electron chi connectivity index (χ1n) is 14.8. The summed E-state index contributed by atoms with van der Waals surface area (Å²) in [5.41, 5.74) is 24.1. The lowest BCUT2D eigenvalue weighted by molar-refractivity contribution is -0.133. The lowest BCUT2D eigenvalue weighted by atomic mass is 10.0. The van der Waals surface area contributed by atoms with Gasteiger partial charge in [0.25, 0.3) is 0 Å². The molecule has 1 aromatic heterocycles. The zero-order valence-electron chi connectivity index (χ0n) is 25.9. The van der Waals surface area contributed by atoms with Crippen molar-refractivity contribution in [2.45, 2.75) is 69.1 Å². The van der Waals surface area contributed by atoms with Crippen molar-refractivity contribution in [2.24, 2.45) is 37.0 Å². The molecule has 0 radical (unpaired) electrons. The monoisotopic (exact) mass is 645 g/mol. The molecule has 16 heteroatoms. The highest BCUT2D eigenvalue weighted by Gasteiger charge is 2.30. The number of carbonyl (C=O) groups excluding carboxylic acids is 4. The largest absolute Gasteiger partial charge is 0.370 e. The van der Waals surface area contributed by atoms with E-state index in [1.807, 2.05) is 30.3 Å². The van der Waals surface area contributed by atoms with Gasteiger partial charge in [-0.1, -0.05) is 30.3 Å². The Labute approximate surface area is 268 Å². The first-order valence-corrected chi connectivity index (χ1v) is 15.2. The predicted octanol–water partition coefficient (Wildman–Crippen LogP) is -1.46. The highest BCUT2D eigenvalue weighted by molar-refractivity contribution is 7.71. The van der Waals surface area contributed by atoms with Crippen LogP contribution in [0.15, 0.2) is 36.5 Å². The summed E-state index contributed by atoms with van der Waals surface area (Å²) in [6.07, 6.45) is 4.11. The summed E-state index contributed by atoms with van der Waals surface area (Å²) in [6, 6.07) is 5.01. The Balaban J connectivity index is 2.25. The van der Waals surface area contributed by atoms with E-state index in [1.165, 1.54) is 0 Å². The van der Waals surface area contributed by atoms with Crippen LogP contribution in [0.4, 0.5) is 0 Å². The number of nitrogens with two attached hydrogens (primary N) is 4. The molecule has 0 spiro atoms. The van der Waals surface area contributed by atoms with E-state index in [9.17, 15) is 19.2 Å². The Morgan fingerprint density at radius 1 is 0.867 bits per heavy atom. The average Bonchev–Trinajstić information content (AvgIpc) is 3.24. The van der Waals surface area contributed by atoms with Crippen LogP contribution in [0, 0.1) is 10.2 Å².